The summed E-state index contributed by atoms with van der Waals surface area (Å²) < 4.78 is 0. The van der Waals surface area contributed by atoms with Crippen LogP contribution in [0, 0.1) is 6.92 Å². The van der Waals surface area contributed by atoms with Gasteiger partial charge in [-0.1, -0.05) is 13.8 Å². The summed E-state index contributed by atoms with van der Waals surface area (Å²) in [6.07, 6.45) is 3.06. The van der Waals surface area contributed by atoms with Crippen LogP contribution in [-0.2, 0) is 6.54 Å². The molecule has 0 radical (unpaired) electrons. The number of likely N-dealkylation sites (N-methyl/N-ethyl adjacent to an activating group) is 1. The maximum Gasteiger partial charge on any atom is 0.225 e. The van der Waals surface area contributed by atoms with Crippen LogP contribution in [0.25, 0.3) is 0 Å². The lowest BCUT2D eigenvalue weighted by atomic mass is 10.2. The molecule has 5 heteroatoms. The molecule has 1 aromatic heterocycles. The number of hydrogen-bond donors (Lipinski definition) is 1. The first kappa shape index (κ1) is 14.2. The Hall–Kier alpha value is -1.20. The number of hydrogen-bond acceptors (Lipinski definition) is 5. The molecule has 1 aliphatic heterocycles. The van der Waals surface area contributed by atoms with Gasteiger partial charge in [-0.05, 0) is 26.4 Å². The molecule has 1 atom stereocenters. The van der Waals surface area contributed by atoms with Gasteiger partial charge in [0.25, 0.3) is 0 Å². The van der Waals surface area contributed by atoms with Crippen LogP contribution in [-0.4, -0.2) is 47.1 Å². The fourth-order valence-electron chi connectivity index (χ4n) is 2.79. The normalized spacial score (nSPS) is 19.4. The monoisotopic (exact) mass is 263 g/mol. The highest BCUT2D eigenvalue weighted by Crippen LogP contribution is 2.20. The molecule has 0 spiro atoms. The molecule has 2 heterocycles. The number of nitrogens with zero attached hydrogens (tertiary/aromatic N) is 4. The van der Waals surface area contributed by atoms with Gasteiger partial charge in [0.05, 0.1) is 0 Å². The molecule has 1 saturated heterocycles. The van der Waals surface area contributed by atoms with E-state index in [-0.39, 0.29) is 0 Å². The van der Waals surface area contributed by atoms with Crippen molar-refractivity contribution in [3.8, 4) is 0 Å². The third-order valence-electron chi connectivity index (χ3n) is 4.06. The van der Waals surface area contributed by atoms with Crippen molar-refractivity contribution in [2.45, 2.75) is 39.8 Å². The maximum atomic E-state index is 5.65. The van der Waals surface area contributed by atoms with Gasteiger partial charge < -0.3 is 10.6 Å². The molecule has 0 amide bonds. The molecule has 1 fully saturated rings. The first-order chi connectivity index (χ1) is 9.19. The van der Waals surface area contributed by atoms with Crippen molar-refractivity contribution in [3.05, 3.63) is 17.5 Å². The third kappa shape index (κ3) is 3.04. The molecule has 0 bridgehead atoms. The second kappa shape index (κ2) is 6.30. The summed E-state index contributed by atoms with van der Waals surface area (Å²) in [7, 11) is 0. The van der Waals surface area contributed by atoms with Gasteiger partial charge in [0.15, 0.2) is 0 Å². The Kier molecular flexibility index (Phi) is 4.71. The second-order valence-electron chi connectivity index (χ2n) is 5.09. The predicted octanol–water partition coefficient (Wildman–Crippen LogP) is 1.16. The zero-order valence-corrected chi connectivity index (χ0v) is 12.3. The zero-order valence-electron chi connectivity index (χ0n) is 12.3. The van der Waals surface area contributed by atoms with Gasteiger partial charge in [0.1, 0.15) is 0 Å². The van der Waals surface area contributed by atoms with Crippen LogP contribution in [0.3, 0.4) is 0 Å². The van der Waals surface area contributed by atoms with Crippen LogP contribution in [0.15, 0.2) is 6.20 Å². The number of rotatable bonds is 5. The van der Waals surface area contributed by atoms with Crippen LogP contribution in [0.1, 0.15) is 31.5 Å². The average Bonchev–Trinajstić information content (AvgIpc) is 2.90. The third-order valence-corrected chi connectivity index (χ3v) is 4.06. The Morgan fingerprint density at radius 1 is 1.42 bits per heavy atom. The van der Waals surface area contributed by atoms with Crippen molar-refractivity contribution >= 4 is 5.95 Å². The molecule has 106 valence electrons. The molecular weight excluding hydrogens is 238 g/mol. The average molecular weight is 263 g/mol. The fraction of sp³-hybridized carbons (Fsp3) is 0.714. The van der Waals surface area contributed by atoms with Gasteiger partial charge in [-0.15, -0.1) is 0 Å². The molecule has 1 unspecified atom stereocenters. The van der Waals surface area contributed by atoms with Gasteiger partial charge in [0.2, 0.25) is 5.95 Å². The minimum absolute atomic E-state index is 0.508. The molecule has 0 aliphatic carbocycles. The van der Waals surface area contributed by atoms with Crippen molar-refractivity contribution in [1.29, 1.82) is 0 Å². The highest BCUT2D eigenvalue weighted by atomic mass is 15.3. The van der Waals surface area contributed by atoms with E-state index in [0.717, 1.165) is 43.4 Å². The highest BCUT2D eigenvalue weighted by Gasteiger charge is 2.27. The maximum absolute atomic E-state index is 5.65. The van der Waals surface area contributed by atoms with E-state index in [0.29, 0.717) is 12.6 Å². The SMILES string of the molecule is CCN(CC)C1CCN(c2ncc(CN)c(C)n2)C1. The standard InChI is InChI=1S/C14H25N5/c1-4-18(5-2)13-6-7-19(10-13)14-16-9-12(8-15)11(3)17-14/h9,13H,4-8,10,15H2,1-3H3. The van der Waals surface area contributed by atoms with Crippen molar-refractivity contribution in [1.82, 2.24) is 14.9 Å². The first-order valence-electron chi connectivity index (χ1n) is 7.21. The van der Waals surface area contributed by atoms with Gasteiger partial charge in [-0.25, -0.2) is 9.97 Å². The van der Waals surface area contributed by atoms with Gasteiger partial charge in [-0.2, -0.15) is 0 Å². The summed E-state index contributed by atoms with van der Waals surface area (Å²) in [4.78, 5) is 13.8. The van der Waals surface area contributed by atoms with E-state index in [2.05, 4.69) is 33.6 Å². The largest absolute Gasteiger partial charge is 0.339 e. The molecule has 1 aliphatic rings. The summed E-state index contributed by atoms with van der Waals surface area (Å²) in [6, 6.07) is 0.632. The molecule has 0 saturated carbocycles. The quantitative estimate of drug-likeness (QED) is 0.864. The predicted molar refractivity (Wildman–Crippen MR) is 78.2 cm³/mol. The Morgan fingerprint density at radius 3 is 2.74 bits per heavy atom. The van der Waals surface area contributed by atoms with Crippen LogP contribution < -0.4 is 10.6 Å². The molecule has 0 aromatic carbocycles. The second-order valence-corrected chi connectivity index (χ2v) is 5.09. The minimum Gasteiger partial charge on any atom is -0.339 e. The number of anilines is 1. The van der Waals surface area contributed by atoms with Crippen molar-refractivity contribution in [2.24, 2.45) is 5.73 Å². The van der Waals surface area contributed by atoms with Crippen molar-refractivity contribution in [3.63, 3.8) is 0 Å². The van der Waals surface area contributed by atoms with E-state index in [9.17, 15) is 0 Å². The number of aryl methyl sites for hydroxylation is 1. The molecule has 2 rings (SSSR count). The summed E-state index contributed by atoms with van der Waals surface area (Å²) >= 11 is 0. The number of nitrogens with two attached hydrogens (primary N) is 1. The van der Waals surface area contributed by atoms with E-state index < -0.39 is 0 Å². The van der Waals surface area contributed by atoms with E-state index in [1.54, 1.807) is 0 Å². The molecule has 19 heavy (non-hydrogen) atoms. The molecule has 2 N–H and O–H groups in total. The lowest BCUT2D eigenvalue weighted by Gasteiger charge is -2.26. The summed E-state index contributed by atoms with van der Waals surface area (Å²) in [5.74, 6) is 0.851. The van der Waals surface area contributed by atoms with Crippen LogP contribution in [0.2, 0.25) is 0 Å². The van der Waals surface area contributed by atoms with Gasteiger partial charge in [0, 0.05) is 43.1 Å². The molecule has 5 nitrogen and oxygen atoms in total. The first-order valence-corrected chi connectivity index (χ1v) is 7.21. The van der Waals surface area contributed by atoms with E-state index in [1.165, 1.54) is 6.42 Å². The Balaban J connectivity index is 2.06. The van der Waals surface area contributed by atoms with Gasteiger partial charge >= 0.3 is 0 Å². The lowest BCUT2D eigenvalue weighted by Crippen LogP contribution is -2.37. The van der Waals surface area contributed by atoms with Gasteiger partial charge in [-0.3, -0.25) is 4.90 Å². The van der Waals surface area contributed by atoms with E-state index in [4.69, 9.17) is 5.73 Å². The molecule has 1 aromatic rings. The van der Waals surface area contributed by atoms with E-state index >= 15 is 0 Å². The Bertz CT molecular complexity index is 416. The smallest absolute Gasteiger partial charge is 0.225 e. The van der Waals surface area contributed by atoms with Crippen LogP contribution in [0.4, 0.5) is 5.95 Å². The summed E-state index contributed by atoms with van der Waals surface area (Å²) in [6.45, 7) is 11.3. The van der Waals surface area contributed by atoms with E-state index in [1.807, 2.05) is 13.1 Å². The Labute approximate surface area is 115 Å². The summed E-state index contributed by atoms with van der Waals surface area (Å²) in [5, 5.41) is 0. The highest BCUT2D eigenvalue weighted by molar-refractivity contribution is 5.34. The number of aromatic nitrogens is 2. The van der Waals surface area contributed by atoms with Crippen LogP contribution >= 0.6 is 0 Å². The minimum atomic E-state index is 0.508. The zero-order chi connectivity index (χ0) is 13.8. The van der Waals surface area contributed by atoms with Crippen molar-refractivity contribution < 1.29 is 0 Å². The molecular formula is C14H25N5. The topological polar surface area (TPSA) is 58.3 Å². The fourth-order valence-corrected chi connectivity index (χ4v) is 2.79. The van der Waals surface area contributed by atoms with Crippen molar-refractivity contribution in [2.75, 3.05) is 31.1 Å². The van der Waals surface area contributed by atoms with Crippen LogP contribution in [0.5, 0.6) is 0 Å². The lowest BCUT2D eigenvalue weighted by molar-refractivity contribution is 0.232. The Morgan fingerprint density at radius 2 is 2.16 bits per heavy atom. The summed E-state index contributed by atoms with van der Waals surface area (Å²) in [5.41, 5.74) is 7.68.